The molecule has 2 rings (SSSR count). The minimum Gasteiger partial charge on any atom is -0.496 e. The van der Waals surface area contributed by atoms with Crippen LogP contribution in [0.25, 0.3) is 0 Å². The fourth-order valence-corrected chi connectivity index (χ4v) is 2.77. The molecule has 1 aromatic carbocycles. The van der Waals surface area contributed by atoms with Crippen LogP contribution >= 0.6 is 0 Å². The van der Waals surface area contributed by atoms with Gasteiger partial charge in [-0.15, -0.1) is 0 Å². The van der Waals surface area contributed by atoms with E-state index in [9.17, 15) is 0 Å². The number of hydrogen-bond donors (Lipinski definition) is 0. The summed E-state index contributed by atoms with van der Waals surface area (Å²) in [5.74, 6) is 1.05. The lowest BCUT2D eigenvalue weighted by atomic mass is 10.00. The molecule has 1 heterocycles. The van der Waals surface area contributed by atoms with E-state index in [0.29, 0.717) is 6.04 Å². The molecule has 1 atom stereocenters. The van der Waals surface area contributed by atoms with E-state index in [-0.39, 0.29) is 0 Å². The lowest BCUT2D eigenvalue weighted by Crippen LogP contribution is -2.34. The molecular weight excluding hydrogens is 234 g/mol. The van der Waals surface area contributed by atoms with Gasteiger partial charge in [0, 0.05) is 19.1 Å². The Balaban J connectivity index is 2.18. The molecule has 0 fully saturated rings. The van der Waals surface area contributed by atoms with Gasteiger partial charge in [-0.3, -0.25) is 4.90 Å². The van der Waals surface area contributed by atoms with E-state index in [1.54, 1.807) is 7.11 Å². The summed E-state index contributed by atoms with van der Waals surface area (Å²) < 4.78 is 5.51. The van der Waals surface area contributed by atoms with Crippen LogP contribution in [0.3, 0.4) is 0 Å². The van der Waals surface area contributed by atoms with Crippen molar-refractivity contribution in [2.24, 2.45) is 0 Å². The molecule has 0 saturated carbocycles. The molecule has 0 N–H and O–H groups in total. The van der Waals surface area contributed by atoms with Crippen molar-refractivity contribution in [3.05, 3.63) is 41.0 Å². The molecule has 1 aliphatic rings. The number of fused-ring (bicyclic) bond motifs is 1. The topological polar surface area (TPSA) is 12.5 Å². The van der Waals surface area contributed by atoms with Crippen LogP contribution in [0.4, 0.5) is 0 Å². The minimum atomic E-state index is 0.587. The number of nitrogens with zero attached hydrogens (tertiary/aromatic N) is 1. The number of allylic oxidation sites excluding steroid dienone is 1. The van der Waals surface area contributed by atoms with Gasteiger partial charge in [0.05, 0.1) is 7.11 Å². The average molecular weight is 259 g/mol. The summed E-state index contributed by atoms with van der Waals surface area (Å²) in [6, 6.07) is 7.02. The Morgan fingerprint density at radius 3 is 2.89 bits per heavy atom. The van der Waals surface area contributed by atoms with Crippen molar-refractivity contribution in [3.8, 4) is 5.75 Å². The molecule has 0 bridgehead atoms. The molecule has 2 nitrogen and oxygen atoms in total. The fourth-order valence-electron chi connectivity index (χ4n) is 2.77. The van der Waals surface area contributed by atoms with Crippen molar-refractivity contribution in [1.29, 1.82) is 0 Å². The Labute approximate surface area is 117 Å². The highest BCUT2D eigenvalue weighted by molar-refractivity contribution is 5.41. The Bertz CT molecular complexity index is 460. The molecule has 0 aliphatic carbocycles. The van der Waals surface area contributed by atoms with E-state index in [0.717, 1.165) is 31.7 Å². The number of hydrogen-bond acceptors (Lipinski definition) is 2. The van der Waals surface area contributed by atoms with Gasteiger partial charge in [-0.2, -0.15) is 0 Å². The maximum Gasteiger partial charge on any atom is 0.122 e. The maximum absolute atomic E-state index is 5.51. The van der Waals surface area contributed by atoms with Crippen molar-refractivity contribution in [3.63, 3.8) is 0 Å². The highest BCUT2D eigenvalue weighted by Crippen LogP contribution is 2.27. The smallest absolute Gasteiger partial charge is 0.122 e. The van der Waals surface area contributed by atoms with E-state index in [2.05, 4.69) is 49.9 Å². The van der Waals surface area contributed by atoms with Crippen molar-refractivity contribution in [2.75, 3.05) is 20.2 Å². The molecule has 0 radical (unpaired) electrons. The maximum atomic E-state index is 5.51. The Hall–Kier alpha value is -1.28. The molecule has 0 aromatic heterocycles. The zero-order valence-electron chi connectivity index (χ0n) is 12.6. The van der Waals surface area contributed by atoms with Crippen molar-refractivity contribution < 1.29 is 4.74 Å². The lowest BCUT2D eigenvalue weighted by molar-refractivity contribution is 0.239. The highest BCUT2D eigenvalue weighted by atomic mass is 16.5. The van der Waals surface area contributed by atoms with E-state index in [1.165, 1.54) is 16.7 Å². The van der Waals surface area contributed by atoms with Gasteiger partial charge in [0.2, 0.25) is 0 Å². The normalized spacial score (nSPS) is 19.5. The van der Waals surface area contributed by atoms with Crippen LogP contribution in [0, 0.1) is 0 Å². The summed E-state index contributed by atoms with van der Waals surface area (Å²) in [4.78, 5) is 2.56. The molecule has 2 heteroatoms. The largest absolute Gasteiger partial charge is 0.496 e. The fraction of sp³-hybridized carbons (Fsp3) is 0.529. The minimum absolute atomic E-state index is 0.587. The van der Waals surface area contributed by atoms with E-state index >= 15 is 0 Å². The van der Waals surface area contributed by atoms with Gasteiger partial charge in [0.25, 0.3) is 0 Å². The predicted molar refractivity (Wildman–Crippen MR) is 80.9 cm³/mol. The summed E-state index contributed by atoms with van der Waals surface area (Å²) in [5.41, 5.74) is 4.25. The van der Waals surface area contributed by atoms with E-state index in [1.807, 2.05) is 0 Å². The van der Waals surface area contributed by atoms with Gasteiger partial charge < -0.3 is 4.74 Å². The van der Waals surface area contributed by atoms with Gasteiger partial charge in [-0.25, -0.2) is 0 Å². The Morgan fingerprint density at radius 1 is 1.42 bits per heavy atom. The van der Waals surface area contributed by atoms with Crippen LogP contribution in [0.5, 0.6) is 5.75 Å². The summed E-state index contributed by atoms with van der Waals surface area (Å²) in [6.07, 6.45) is 4.52. The summed E-state index contributed by atoms with van der Waals surface area (Å²) in [5, 5.41) is 0. The summed E-state index contributed by atoms with van der Waals surface area (Å²) in [7, 11) is 1.77. The molecule has 19 heavy (non-hydrogen) atoms. The van der Waals surface area contributed by atoms with Gasteiger partial charge in [0.1, 0.15) is 5.75 Å². The van der Waals surface area contributed by atoms with Gasteiger partial charge in [-0.1, -0.05) is 23.8 Å². The van der Waals surface area contributed by atoms with Gasteiger partial charge >= 0.3 is 0 Å². The first-order valence-electron chi connectivity index (χ1n) is 7.14. The van der Waals surface area contributed by atoms with Crippen molar-refractivity contribution in [2.45, 2.75) is 39.7 Å². The molecule has 1 unspecified atom stereocenters. The third kappa shape index (κ3) is 3.38. The first-order chi connectivity index (χ1) is 9.11. The third-order valence-electron chi connectivity index (χ3n) is 3.97. The third-order valence-corrected chi connectivity index (χ3v) is 3.97. The molecule has 0 saturated heterocycles. The number of benzene rings is 1. The van der Waals surface area contributed by atoms with E-state index < -0.39 is 0 Å². The van der Waals surface area contributed by atoms with Crippen LogP contribution in [0.15, 0.2) is 29.8 Å². The first kappa shape index (κ1) is 14.1. The molecule has 0 spiro atoms. The molecule has 0 amide bonds. The standard InChI is InChI=1S/C17H25NO/c1-13(2)8-10-18-11-9-16-15(12-14(18)3)6-5-7-17(16)19-4/h5-8,14H,9-12H2,1-4H3. The second-order valence-corrected chi connectivity index (χ2v) is 5.68. The van der Waals surface area contributed by atoms with Crippen LogP contribution in [-0.4, -0.2) is 31.1 Å². The SMILES string of the molecule is COc1cccc2c1CCN(CC=C(C)C)C(C)C2. The number of ether oxygens (including phenoxy) is 1. The second kappa shape index (κ2) is 6.25. The highest BCUT2D eigenvalue weighted by Gasteiger charge is 2.21. The first-order valence-corrected chi connectivity index (χ1v) is 7.14. The molecule has 1 aromatic rings. The Kier molecular flexibility index (Phi) is 4.65. The molecule has 104 valence electrons. The quantitative estimate of drug-likeness (QED) is 0.771. The Morgan fingerprint density at radius 2 is 2.21 bits per heavy atom. The number of methoxy groups -OCH3 is 1. The van der Waals surface area contributed by atoms with E-state index in [4.69, 9.17) is 4.74 Å². The lowest BCUT2D eigenvalue weighted by Gasteiger charge is -2.25. The predicted octanol–water partition coefficient (Wildman–Crippen LogP) is 3.45. The van der Waals surface area contributed by atoms with Crippen LogP contribution < -0.4 is 4.74 Å². The zero-order valence-corrected chi connectivity index (χ0v) is 12.6. The monoisotopic (exact) mass is 259 g/mol. The van der Waals surface area contributed by atoms with Gasteiger partial charge in [-0.05, 0) is 50.8 Å². The number of rotatable bonds is 3. The zero-order chi connectivity index (χ0) is 13.8. The molecule has 1 aliphatic heterocycles. The van der Waals surface area contributed by atoms with Crippen molar-refractivity contribution >= 4 is 0 Å². The van der Waals surface area contributed by atoms with Crippen LogP contribution in [0.2, 0.25) is 0 Å². The summed E-state index contributed by atoms with van der Waals surface area (Å²) in [6.45, 7) is 8.83. The summed E-state index contributed by atoms with van der Waals surface area (Å²) >= 11 is 0. The second-order valence-electron chi connectivity index (χ2n) is 5.68. The van der Waals surface area contributed by atoms with Crippen molar-refractivity contribution in [1.82, 2.24) is 4.90 Å². The van der Waals surface area contributed by atoms with Crippen LogP contribution in [0.1, 0.15) is 31.9 Å². The van der Waals surface area contributed by atoms with Crippen LogP contribution in [-0.2, 0) is 12.8 Å². The average Bonchev–Trinajstić information content (AvgIpc) is 2.54. The van der Waals surface area contributed by atoms with Gasteiger partial charge in [0.15, 0.2) is 0 Å². The molecular formula is C17H25NO.